The van der Waals surface area contributed by atoms with Crippen LogP contribution < -0.4 is 43.7 Å². The lowest BCUT2D eigenvalue weighted by Gasteiger charge is -2.20. The number of carbonyl (C=O) groups excluding carboxylic acids is 5. The number of amides is 5. The van der Waals surface area contributed by atoms with Gasteiger partial charge in [0.2, 0.25) is 29.5 Å². The predicted molar refractivity (Wildman–Crippen MR) is 161 cm³/mol. The van der Waals surface area contributed by atoms with Crippen molar-refractivity contribution < 1.29 is 28.4 Å². The molecule has 0 bridgehead atoms. The van der Waals surface area contributed by atoms with E-state index in [-0.39, 0.29) is 31.3 Å². The molecule has 1 heterocycles. The van der Waals surface area contributed by atoms with Gasteiger partial charge >= 0.3 is 5.63 Å². The molecular weight excluding hydrogens is 560 g/mol. The maximum atomic E-state index is 13.2. The van der Waals surface area contributed by atoms with Crippen LogP contribution in [0.5, 0.6) is 0 Å². The first kappa shape index (κ1) is 34.3. The first-order valence-electron chi connectivity index (χ1n) is 13.8. The van der Waals surface area contributed by atoms with Crippen molar-refractivity contribution in [3.05, 3.63) is 40.2 Å². The summed E-state index contributed by atoms with van der Waals surface area (Å²) < 4.78 is 5.24. The Morgan fingerprint density at radius 2 is 1.58 bits per heavy atom. The molecular formula is C28H40N8O7. The van der Waals surface area contributed by atoms with Crippen LogP contribution in [0.2, 0.25) is 0 Å². The topological polar surface area (TPSA) is 240 Å². The maximum absolute atomic E-state index is 13.2. The second kappa shape index (κ2) is 17.1. The first-order chi connectivity index (χ1) is 20.3. The van der Waals surface area contributed by atoms with E-state index in [1.165, 1.54) is 26.0 Å². The molecule has 5 amide bonds. The molecule has 234 valence electrons. The van der Waals surface area contributed by atoms with Gasteiger partial charge in [-0.3, -0.25) is 29.0 Å². The number of hydrogen-bond acceptors (Lipinski definition) is 8. The molecule has 0 saturated carbocycles. The van der Waals surface area contributed by atoms with Crippen molar-refractivity contribution >= 4 is 52.2 Å². The molecule has 1 aromatic heterocycles. The minimum absolute atomic E-state index is 0.0896. The molecule has 43 heavy (non-hydrogen) atoms. The molecule has 0 fully saturated rings. The van der Waals surface area contributed by atoms with Crippen LogP contribution in [0.1, 0.15) is 51.5 Å². The van der Waals surface area contributed by atoms with Crippen LogP contribution in [0.15, 0.2) is 38.5 Å². The summed E-state index contributed by atoms with van der Waals surface area (Å²) in [5.41, 5.74) is 11.5. The van der Waals surface area contributed by atoms with Crippen LogP contribution >= 0.6 is 0 Å². The Bertz CT molecular complexity index is 1400. The number of hydrogen-bond donors (Lipinski definition) is 7. The molecule has 0 aliphatic carbocycles. The van der Waals surface area contributed by atoms with E-state index in [1.807, 2.05) is 0 Å². The van der Waals surface area contributed by atoms with E-state index in [1.54, 1.807) is 19.1 Å². The Kier molecular flexibility index (Phi) is 13.6. The molecule has 2 atom stereocenters. The molecule has 15 nitrogen and oxygen atoms in total. The minimum atomic E-state index is -0.979. The number of nitrogens with two attached hydrogens (primary N) is 2. The van der Waals surface area contributed by atoms with Crippen LogP contribution in [-0.2, 0) is 24.0 Å². The lowest BCUT2D eigenvalue weighted by molar-refractivity contribution is -0.130. The van der Waals surface area contributed by atoms with Crippen molar-refractivity contribution in [1.29, 1.82) is 0 Å². The zero-order valence-electron chi connectivity index (χ0n) is 24.6. The fourth-order valence-electron chi connectivity index (χ4n) is 4.19. The normalized spacial score (nSPS) is 12.0. The predicted octanol–water partition coefficient (Wildman–Crippen LogP) is -0.494. The number of anilines is 1. The highest BCUT2D eigenvalue weighted by Gasteiger charge is 2.23. The molecule has 0 radical (unpaired) electrons. The lowest BCUT2D eigenvalue weighted by atomic mass is 10.1. The van der Waals surface area contributed by atoms with E-state index in [2.05, 4.69) is 31.6 Å². The van der Waals surface area contributed by atoms with E-state index in [0.717, 1.165) is 5.56 Å². The summed E-state index contributed by atoms with van der Waals surface area (Å²) in [6.07, 6.45) is 1.94. The van der Waals surface area contributed by atoms with E-state index in [0.29, 0.717) is 42.5 Å². The molecule has 0 aliphatic heterocycles. The zero-order valence-corrected chi connectivity index (χ0v) is 24.6. The second-order valence-corrected chi connectivity index (χ2v) is 9.97. The molecule has 0 unspecified atom stereocenters. The standard InChI is InChI=1S/C28H40N8O7/c1-16-13-25(40)43-23-14-19(9-10-20(16)23)35-27(42)22(7-4-5-11-31-17(2)37)36-24(39)15-33-26(41)21(34-18(3)38)8-6-12-32-28(29)30/h9-10,13-14,21-22H,4-8,11-12,15H2,1-3H3,(H,31,37)(H,33,41)(H,34,38)(H,35,42)(H,36,39)(H4,29,30,32)/t21-,22-/m0/s1. The third-order valence-electron chi connectivity index (χ3n) is 6.23. The van der Waals surface area contributed by atoms with E-state index in [4.69, 9.17) is 15.9 Å². The third kappa shape index (κ3) is 12.6. The van der Waals surface area contributed by atoms with Gasteiger partial charge in [-0.2, -0.15) is 0 Å². The Balaban J connectivity index is 2.06. The Labute approximate surface area is 248 Å². The molecule has 0 aliphatic rings. The quantitative estimate of drug-likeness (QED) is 0.0568. The van der Waals surface area contributed by atoms with Gasteiger partial charge in [-0.1, -0.05) is 0 Å². The van der Waals surface area contributed by atoms with Crippen molar-refractivity contribution in [2.75, 3.05) is 25.0 Å². The van der Waals surface area contributed by atoms with Gasteiger partial charge in [0.1, 0.15) is 17.7 Å². The molecule has 2 aromatic rings. The molecule has 1 aromatic carbocycles. The number of aryl methyl sites for hydroxylation is 1. The number of fused-ring (bicyclic) bond motifs is 1. The molecule has 0 spiro atoms. The minimum Gasteiger partial charge on any atom is -0.423 e. The molecule has 15 heteroatoms. The van der Waals surface area contributed by atoms with E-state index in [9.17, 15) is 28.8 Å². The van der Waals surface area contributed by atoms with Gasteiger partial charge in [-0.15, -0.1) is 0 Å². The number of carbonyl (C=O) groups is 5. The Morgan fingerprint density at radius 1 is 0.884 bits per heavy atom. The molecule has 2 rings (SSSR count). The third-order valence-corrected chi connectivity index (χ3v) is 6.23. The smallest absolute Gasteiger partial charge is 0.336 e. The fraction of sp³-hybridized carbons (Fsp3) is 0.464. The summed E-state index contributed by atoms with van der Waals surface area (Å²) in [6, 6.07) is 4.36. The van der Waals surface area contributed by atoms with Gasteiger partial charge in [0.25, 0.3) is 0 Å². The highest BCUT2D eigenvalue weighted by molar-refractivity contribution is 5.99. The van der Waals surface area contributed by atoms with Crippen LogP contribution in [0.25, 0.3) is 11.0 Å². The van der Waals surface area contributed by atoms with Crippen molar-refractivity contribution in [3.8, 4) is 0 Å². The van der Waals surface area contributed by atoms with Crippen LogP contribution in [0.3, 0.4) is 0 Å². The van der Waals surface area contributed by atoms with Gasteiger partial charge in [-0.25, -0.2) is 4.79 Å². The second-order valence-electron chi connectivity index (χ2n) is 9.97. The maximum Gasteiger partial charge on any atom is 0.336 e. The van der Waals surface area contributed by atoms with Crippen molar-refractivity contribution in [2.45, 2.75) is 65.0 Å². The summed E-state index contributed by atoms with van der Waals surface area (Å²) in [4.78, 5) is 77.0. The van der Waals surface area contributed by atoms with Crippen molar-refractivity contribution in [1.82, 2.24) is 21.3 Å². The number of benzene rings is 1. The SMILES string of the molecule is CC(=O)NCCCC[C@H](NC(=O)CNC(=O)[C@H](CCCN=C(N)N)NC(C)=O)C(=O)Nc1ccc2c(C)cc(=O)oc2c1. The number of guanidine groups is 1. The summed E-state index contributed by atoms with van der Waals surface area (Å²) in [7, 11) is 0. The number of nitrogens with one attached hydrogen (secondary N) is 5. The summed E-state index contributed by atoms with van der Waals surface area (Å²) in [5.74, 6) is -2.43. The summed E-state index contributed by atoms with van der Waals surface area (Å²) in [6.45, 7) is 4.66. The van der Waals surface area contributed by atoms with Crippen LogP contribution in [-0.4, -0.2) is 67.2 Å². The highest BCUT2D eigenvalue weighted by atomic mass is 16.4. The monoisotopic (exact) mass is 600 g/mol. The summed E-state index contributed by atoms with van der Waals surface area (Å²) >= 11 is 0. The van der Waals surface area contributed by atoms with Crippen molar-refractivity contribution in [2.24, 2.45) is 16.5 Å². The number of aliphatic imine (C=N–C) groups is 1. The Hall–Kier alpha value is -4.95. The average Bonchev–Trinajstić information content (AvgIpc) is 2.91. The number of unbranched alkanes of at least 4 members (excludes halogenated alkanes) is 1. The van der Waals surface area contributed by atoms with Gasteiger partial charge in [-0.05, 0) is 56.7 Å². The lowest BCUT2D eigenvalue weighted by Crippen LogP contribution is -2.51. The van der Waals surface area contributed by atoms with Crippen molar-refractivity contribution in [3.63, 3.8) is 0 Å². The fourth-order valence-corrected chi connectivity index (χ4v) is 4.19. The molecule has 0 saturated heterocycles. The largest absolute Gasteiger partial charge is 0.423 e. The number of nitrogens with zero attached hydrogens (tertiary/aromatic N) is 1. The molecule has 9 N–H and O–H groups in total. The van der Waals surface area contributed by atoms with Gasteiger partial charge < -0.3 is 42.5 Å². The van der Waals surface area contributed by atoms with Gasteiger partial charge in [0.05, 0.1) is 6.54 Å². The van der Waals surface area contributed by atoms with E-state index < -0.39 is 47.9 Å². The van der Waals surface area contributed by atoms with Crippen LogP contribution in [0.4, 0.5) is 5.69 Å². The highest BCUT2D eigenvalue weighted by Crippen LogP contribution is 2.21. The first-order valence-corrected chi connectivity index (χ1v) is 13.8. The van der Waals surface area contributed by atoms with Gasteiger partial charge in [0.15, 0.2) is 5.96 Å². The summed E-state index contributed by atoms with van der Waals surface area (Å²) in [5, 5.41) is 13.8. The zero-order chi connectivity index (χ0) is 31.9. The average molecular weight is 601 g/mol. The van der Waals surface area contributed by atoms with Crippen LogP contribution in [0, 0.1) is 6.92 Å². The van der Waals surface area contributed by atoms with Gasteiger partial charge in [0, 0.05) is 50.1 Å². The number of rotatable bonds is 16. The Morgan fingerprint density at radius 3 is 2.26 bits per heavy atom. The van der Waals surface area contributed by atoms with E-state index >= 15 is 0 Å².